The molecule has 0 radical (unpaired) electrons. The number of aliphatic carboxylic acids is 1. The Morgan fingerprint density at radius 2 is 2.17 bits per heavy atom. The number of H-pyrrole nitrogens is 1. The minimum Gasteiger partial charge on any atom is -0.481 e. The predicted molar refractivity (Wildman–Crippen MR) is 75.6 cm³/mol. The molecule has 10 nitrogen and oxygen atoms in total. The van der Waals surface area contributed by atoms with Crippen molar-refractivity contribution in [2.24, 2.45) is 11.7 Å². The average Bonchev–Trinajstić information content (AvgIpc) is 2.76. The molecule has 0 saturated carbocycles. The van der Waals surface area contributed by atoms with Crippen LogP contribution in [0, 0.1) is 5.92 Å². The third-order valence-electron chi connectivity index (χ3n) is 3.56. The summed E-state index contributed by atoms with van der Waals surface area (Å²) >= 11 is 0. The van der Waals surface area contributed by atoms with Gasteiger partial charge in [0.15, 0.2) is 12.3 Å². The first-order valence-electron chi connectivity index (χ1n) is 6.89. The SMILES string of the molecule is CC(=O)O[C@@H]1[C@H](CC(=O)O)[C@@H](CN)O[C@H]1n1ccc(=O)[nH]c1=O. The summed E-state index contributed by atoms with van der Waals surface area (Å²) in [6.45, 7) is 1.16. The molecule has 10 heteroatoms. The van der Waals surface area contributed by atoms with E-state index in [1.165, 1.54) is 13.1 Å². The van der Waals surface area contributed by atoms with Crippen LogP contribution in [-0.2, 0) is 19.1 Å². The van der Waals surface area contributed by atoms with E-state index < -0.39 is 47.5 Å². The van der Waals surface area contributed by atoms with Crippen LogP contribution in [0.4, 0.5) is 0 Å². The van der Waals surface area contributed by atoms with Gasteiger partial charge in [-0.25, -0.2) is 4.79 Å². The van der Waals surface area contributed by atoms with E-state index in [1.807, 2.05) is 0 Å². The summed E-state index contributed by atoms with van der Waals surface area (Å²) in [7, 11) is 0. The van der Waals surface area contributed by atoms with E-state index >= 15 is 0 Å². The van der Waals surface area contributed by atoms with Crippen LogP contribution in [-0.4, -0.2) is 45.3 Å². The molecule has 0 bridgehead atoms. The summed E-state index contributed by atoms with van der Waals surface area (Å²) in [5.41, 5.74) is 4.24. The zero-order chi connectivity index (χ0) is 17.1. The number of nitrogens with one attached hydrogen (secondary N) is 1. The molecule has 0 unspecified atom stereocenters. The van der Waals surface area contributed by atoms with Gasteiger partial charge in [-0.15, -0.1) is 0 Å². The average molecular weight is 327 g/mol. The summed E-state index contributed by atoms with van der Waals surface area (Å²) in [5.74, 6) is -2.47. The lowest BCUT2D eigenvalue weighted by Gasteiger charge is -2.23. The summed E-state index contributed by atoms with van der Waals surface area (Å²) in [6, 6.07) is 1.11. The van der Waals surface area contributed by atoms with Crippen LogP contribution in [0.15, 0.2) is 21.9 Å². The number of esters is 1. The van der Waals surface area contributed by atoms with Crippen molar-refractivity contribution in [2.75, 3.05) is 6.54 Å². The molecular formula is C13H17N3O7. The van der Waals surface area contributed by atoms with Gasteiger partial charge in [-0.1, -0.05) is 0 Å². The van der Waals surface area contributed by atoms with Gasteiger partial charge in [0.1, 0.15) is 0 Å². The lowest BCUT2D eigenvalue weighted by Crippen LogP contribution is -2.38. The first-order chi connectivity index (χ1) is 10.8. The van der Waals surface area contributed by atoms with Crippen molar-refractivity contribution in [2.45, 2.75) is 31.8 Å². The van der Waals surface area contributed by atoms with E-state index in [0.29, 0.717) is 0 Å². The summed E-state index contributed by atoms with van der Waals surface area (Å²) in [6.07, 6.45) is -1.94. The lowest BCUT2D eigenvalue weighted by atomic mass is 9.94. The molecule has 0 aliphatic carbocycles. The molecule has 1 saturated heterocycles. The number of carboxylic acids is 1. The Morgan fingerprint density at radius 3 is 2.70 bits per heavy atom. The van der Waals surface area contributed by atoms with Gasteiger partial charge >= 0.3 is 17.6 Å². The first-order valence-corrected chi connectivity index (χ1v) is 6.89. The number of carboxylic acid groups (broad SMARTS) is 1. The minimum absolute atomic E-state index is 0.00961. The third kappa shape index (κ3) is 3.66. The highest BCUT2D eigenvalue weighted by atomic mass is 16.6. The Morgan fingerprint density at radius 1 is 1.48 bits per heavy atom. The third-order valence-corrected chi connectivity index (χ3v) is 3.56. The Kier molecular flexibility index (Phi) is 4.96. The molecular weight excluding hydrogens is 310 g/mol. The molecule has 2 rings (SSSR count). The standard InChI is InChI=1S/C13H17N3O7/c1-6(17)22-11-7(4-10(19)20)8(5-14)23-12(11)16-3-2-9(18)15-13(16)21/h2-3,7-8,11-12H,4-5,14H2,1H3,(H,19,20)(H,15,18,21)/t7-,8-,11-,12-/m1/s1. The molecule has 0 spiro atoms. The molecule has 0 amide bonds. The normalized spacial score (nSPS) is 26.9. The molecule has 1 fully saturated rings. The molecule has 23 heavy (non-hydrogen) atoms. The maximum Gasteiger partial charge on any atom is 0.330 e. The Balaban J connectivity index is 2.43. The molecule has 4 N–H and O–H groups in total. The molecule has 126 valence electrons. The number of carbonyl (C=O) groups excluding carboxylic acids is 1. The number of carbonyl (C=O) groups is 2. The van der Waals surface area contributed by atoms with Crippen LogP contribution in [0.3, 0.4) is 0 Å². The molecule has 1 aliphatic heterocycles. The number of ether oxygens (including phenoxy) is 2. The Labute approximate surface area is 129 Å². The predicted octanol–water partition coefficient (Wildman–Crippen LogP) is -1.58. The van der Waals surface area contributed by atoms with Crippen molar-refractivity contribution in [1.29, 1.82) is 0 Å². The molecule has 0 aromatic carbocycles. The molecule has 1 aromatic heterocycles. The number of hydrogen-bond donors (Lipinski definition) is 3. The fourth-order valence-electron chi connectivity index (χ4n) is 2.65. The molecule has 4 atom stereocenters. The van der Waals surface area contributed by atoms with E-state index in [4.69, 9.17) is 20.3 Å². The number of aromatic amines is 1. The van der Waals surface area contributed by atoms with E-state index in [-0.39, 0.29) is 13.0 Å². The van der Waals surface area contributed by atoms with Gasteiger partial charge in [-0.3, -0.25) is 23.9 Å². The fraction of sp³-hybridized carbons (Fsp3) is 0.538. The first kappa shape index (κ1) is 16.9. The highest BCUT2D eigenvalue weighted by molar-refractivity contribution is 5.68. The summed E-state index contributed by atoms with van der Waals surface area (Å²) in [4.78, 5) is 47.5. The Bertz CT molecular complexity index is 710. The second kappa shape index (κ2) is 6.75. The maximum atomic E-state index is 11.9. The van der Waals surface area contributed by atoms with Crippen LogP contribution in [0.2, 0.25) is 0 Å². The summed E-state index contributed by atoms with van der Waals surface area (Å²) < 4.78 is 11.8. The van der Waals surface area contributed by atoms with Crippen molar-refractivity contribution >= 4 is 11.9 Å². The minimum atomic E-state index is -1.11. The van der Waals surface area contributed by atoms with E-state index in [9.17, 15) is 19.2 Å². The highest BCUT2D eigenvalue weighted by Gasteiger charge is 2.48. The zero-order valence-electron chi connectivity index (χ0n) is 12.3. The van der Waals surface area contributed by atoms with Crippen LogP contribution >= 0.6 is 0 Å². The van der Waals surface area contributed by atoms with Crippen molar-refractivity contribution in [1.82, 2.24) is 9.55 Å². The van der Waals surface area contributed by atoms with E-state index in [0.717, 1.165) is 10.6 Å². The van der Waals surface area contributed by atoms with Crippen LogP contribution in [0.25, 0.3) is 0 Å². The smallest absolute Gasteiger partial charge is 0.330 e. The largest absolute Gasteiger partial charge is 0.481 e. The molecule has 1 aromatic rings. The monoisotopic (exact) mass is 327 g/mol. The van der Waals surface area contributed by atoms with E-state index in [2.05, 4.69) is 4.98 Å². The number of rotatable bonds is 5. The van der Waals surface area contributed by atoms with Gasteiger partial charge in [0.05, 0.1) is 12.5 Å². The zero-order valence-corrected chi connectivity index (χ0v) is 12.3. The van der Waals surface area contributed by atoms with Crippen molar-refractivity contribution in [3.8, 4) is 0 Å². The molecule has 1 aliphatic rings. The van der Waals surface area contributed by atoms with Gasteiger partial charge in [0.2, 0.25) is 0 Å². The van der Waals surface area contributed by atoms with Gasteiger partial charge < -0.3 is 20.3 Å². The van der Waals surface area contributed by atoms with Crippen molar-refractivity contribution in [3.05, 3.63) is 33.1 Å². The van der Waals surface area contributed by atoms with E-state index in [1.54, 1.807) is 0 Å². The van der Waals surface area contributed by atoms with Crippen LogP contribution in [0.1, 0.15) is 19.6 Å². The summed E-state index contributed by atoms with van der Waals surface area (Å²) in [5, 5.41) is 9.03. The lowest BCUT2D eigenvalue weighted by molar-refractivity contribution is -0.155. The number of nitrogens with zero attached hydrogens (tertiary/aromatic N) is 1. The van der Waals surface area contributed by atoms with Crippen molar-refractivity contribution in [3.63, 3.8) is 0 Å². The number of nitrogens with two attached hydrogens (primary N) is 1. The fourth-order valence-corrected chi connectivity index (χ4v) is 2.65. The van der Waals surface area contributed by atoms with Gasteiger partial charge in [0, 0.05) is 31.6 Å². The maximum absolute atomic E-state index is 11.9. The topological polar surface area (TPSA) is 154 Å². The van der Waals surface area contributed by atoms with Gasteiger partial charge in [0.25, 0.3) is 5.56 Å². The highest BCUT2D eigenvalue weighted by Crippen LogP contribution is 2.37. The quantitative estimate of drug-likeness (QED) is 0.547. The van der Waals surface area contributed by atoms with Gasteiger partial charge in [-0.2, -0.15) is 0 Å². The second-order valence-electron chi connectivity index (χ2n) is 5.15. The molecule has 2 heterocycles. The second-order valence-corrected chi connectivity index (χ2v) is 5.15. The number of hydrogen-bond acceptors (Lipinski definition) is 7. The van der Waals surface area contributed by atoms with Crippen molar-refractivity contribution < 1.29 is 24.2 Å². The Hall–Kier alpha value is -2.46. The van der Waals surface area contributed by atoms with Crippen LogP contribution < -0.4 is 17.0 Å². The van der Waals surface area contributed by atoms with Crippen LogP contribution in [0.5, 0.6) is 0 Å². The number of aromatic nitrogens is 2. The van der Waals surface area contributed by atoms with Gasteiger partial charge in [-0.05, 0) is 0 Å².